The van der Waals surface area contributed by atoms with Crippen molar-refractivity contribution in [1.29, 1.82) is 0 Å². The third-order valence-electron chi connectivity index (χ3n) is 4.69. The molecule has 3 aromatic heterocycles. The van der Waals surface area contributed by atoms with Gasteiger partial charge in [-0.3, -0.25) is 9.78 Å². The minimum absolute atomic E-state index is 0.144. The van der Waals surface area contributed by atoms with Gasteiger partial charge in [0.1, 0.15) is 5.69 Å². The molecule has 4 rings (SSSR count). The second-order valence-corrected chi connectivity index (χ2v) is 6.90. The quantitative estimate of drug-likeness (QED) is 0.498. The zero-order valence-electron chi connectivity index (χ0n) is 16.6. The molecule has 0 radical (unpaired) electrons. The van der Waals surface area contributed by atoms with Crippen LogP contribution in [0.4, 0.5) is 5.95 Å². The Bertz CT molecular complexity index is 1110. The molecular weight excluding hydrogens is 376 g/mol. The molecule has 1 amide bonds. The van der Waals surface area contributed by atoms with E-state index in [1.165, 1.54) is 0 Å². The number of pyridine rings is 1. The van der Waals surface area contributed by atoms with Crippen LogP contribution in [0, 0.1) is 0 Å². The third kappa shape index (κ3) is 4.70. The van der Waals surface area contributed by atoms with E-state index in [0.717, 1.165) is 22.3 Å². The minimum Gasteiger partial charge on any atom is -0.350 e. The van der Waals surface area contributed by atoms with Crippen molar-refractivity contribution in [1.82, 2.24) is 24.8 Å². The lowest BCUT2D eigenvalue weighted by atomic mass is 10.2. The summed E-state index contributed by atoms with van der Waals surface area (Å²) in [6.07, 6.45) is 8.86. The molecule has 7 heteroatoms. The monoisotopic (exact) mass is 398 g/mol. The van der Waals surface area contributed by atoms with Crippen molar-refractivity contribution >= 4 is 11.9 Å². The highest BCUT2D eigenvalue weighted by atomic mass is 16.1. The van der Waals surface area contributed by atoms with Crippen molar-refractivity contribution in [3.8, 4) is 11.1 Å². The lowest BCUT2D eigenvalue weighted by molar-refractivity contribution is 0.0943. The van der Waals surface area contributed by atoms with Crippen LogP contribution in [0.2, 0.25) is 0 Å². The predicted octanol–water partition coefficient (Wildman–Crippen LogP) is 3.42. The van der Waals surface area contributed by atoms with Crippen molar-refractivity contribution in [2.24, 2.45) is 7.05 Å². The molecule has 0 aliphatic carbocycles. The number of carbonyl (C=O) groups is 1. The van der Waals surface area contributed by atoms with Crippen LogP contribution >= 0.6 is 0 Å². The Labute approximate surface area is 174 Å². The van der Waals surface area contributed by atoms with Gasteiger partial charge in [-0.2, -0.15) is 0 Å². The maximum atomic E-state index is 12.6. The highest BCUT2D eigenvalue weighted by molar-refractivity contribution is 5.94. The fourth-order valence-corrected chi connectivity index (χ4v) is 3.07. The summed E-state index contributed by atoms with van der Waals surface area (Å²) in [7, 11) is 1.85. The predicted molar refractivity (Wildman–Crippen MR) is 116 cm³/mol. The molecular formula is C23H22N6O. The highest BCUT2D eigenvalue weighted by Gasteiger charge is 2.13. The molecule has 7 nitrogen and oxygen atoms in total. The van der Waals surface area contributed by atoms with E-state index in [2.05, 4.69) is 25.6 Å². The van der Waals surface area contributed by atoms with E-state index in [9.17, 15) is 4.79 Å². The maximum Gasteiger partial charge on any atom is 0.268 e. The van der Waals surface area contributed by atoms with Crippen LogP contribution < -0.4 is 10.6 Å². The van der Waals surface area contributed by atoms with E-state index in [4.69, 9.17) is 0 Å². The van der Waals surface area contributed by atoms with Crippen LogP contribution in [0.3, 0.4) is 0 Å². The fraction of sp³-hybridized carbons (Fsp3) is 0.130. The van der Waals surface area contributed by atoms with Crippen LogP contribution in [0.15, 0.2) is 79.5 Å². The first kappa shape index (κ1) is 19.3. The summed E-state index contributed by atoms with van der Waals surface area (Å²) in [6.45, 7) is 1.09. The van der Waals surface area contributed by atoms with Gasteiger partial charge in [-0.05, 0) is 23.3 Å². The molecule has 0 atom stereocenters. The first-order chi connectivity index (χ1) is 14.7. The van der Waals surface area contributed by atoms with Gasteiger partial charge in [-0.1, -0.05) is 36.4 Å². The average molecular weight is 398 g/mol. The minimum atomic E-state index is -0.144. The number of anilines is 1. The van der Waals surface area contributed by atoms with E-state index in [1.807, 2.05) is 61.8 Å². The van der Waals surface area contributed by atoms with Crippen LogP contribution in [-0.4, -0.2) is 25.4 Å². The number of carbonyl (C=O) groups excluding carboxylic acids is 1. The summed E-state index contributed by atoms with van der Waals surface area (Å²) in [6, 6.07) is 15.7. The Kier molecular flexibility index (Phi) is 5.80. The molecule has 0 unspecified atom stereocenters. The highest BCUT2D eigenvalue weighted by Crippen LogP contribution is 2.21. The van der Waals surface area contributed by atoms with Crippen LogP contribution in [-0.2, 0) is 20.1 Å². The Morgan fingerprint density at radius 2 is 1.70 bits per heavy atom. The largest absolute Gasteiger partial charge is 0.350 e. The summed E-state index contributed by atoms with van der Waals surface area (Å²) in [5.41, 5.74) is 4.42. The molecule has 0 spiro atoms. The van der Waals surface area contributed by atoms with Gasteiger partial charge in [0.25, 0.3) is 5.91 Å². The van der Waals surface area contributed by atoms with E-state index in [-0.39, 0.29) is 5.91 Å². The van der Waals surface area contributed by atoms with E-state index in [1.54, 1.807) is 29.4 Å². The smallest absolute Gasteiger partial charge is 0.268 e. The standard InChI is InChI=1S/C23H22N6O/c1-29-16-19(10-21(29)22(30)25-13-18-8-5-9-24-11-18)20-14-27-23(28-15-20)26-12-17-6-3-2-4-7-17/h2-11,14-16H,12-13H2,1H3,(H,25,30)(H,26,27,28). The Morgan fingerprint density at radius 3 is 2.43 bits per heavy atom. The Hall–Kier alpha value is -4.00. The number of nitrogens with zero attached hydrogens (tertiary/aromatic N) is 4. The zero-order chi connectivity index (χ0) is 20.8. The van der Waals surface area contributed by atoms with Crippen LogP contribution in [0.5, 0.6) is 0 Å². The number of nitrogens with one attached hydrogen (secondary N) is 2. The molecule has 4 aromatic rings. The third-order valence-corrected chi connectivity index (χ3v) is 4.69. The lowest BCUT2D eigenvalue weighted by Crippen LogP contribution is -2.24. The number of benzene rings is 1. The topological polar surface area (TPSA) is 84.7 Å². The number of hydrogen-bond donors (Lipinski definition) is 2. The normalized spacial score (nSPS) is 10.6. The SMILES string of the molecule is Cn1cc(-c2cnc(NCc3ccccc3)nc2)cc1C(=O)NCc1cccnc1. The molecule has 0 bridgehead atoms. The molecule has 2 N–H and O–H groups in total. The van der Waals surface area contributed by atoms with Crippen molar-refractivity contribution < 1.29 is 4.79 Å². The molecule has 3 heterocycles. The van der Waals surface area contributed by atoms with Gasteiger partial charge in [-0.25, -0.2) is 9.97 Å². The lowest BCUT2D eigenvalue weighted by Gasteiger charge is -2.05. The van der Waals surface area contributed by atoms with E-state index >= 15 is 0 Å². The van der Waals surface area contributed by atoms with E-state index in [0.29, 0.717) is 24.7 Å². The second kappa shape index (κ2) is 9.00. The Morgan fingerprint density at radius 1 is 0.933 bits per heavy atom. The summed E-state index contributed by atoms with van der Waals surface area (Å²) >= 11 is 0. The first-order valence-corrected chi connectivity index (χ1v) is 9.63. The summed E-state index contributed by atoms with van der Waals surface area (Å²) in [5, 5.41) is 6.13. The molecule has 0 fully saturated rings. The van der Waals surface area contributed by atoms with Gasteiger partial charge in [0.2, 0.25) is 5.95 Å². The van der Waals surface area contributed by atoms with Crippen molar-refractivity contribution in [2.75, 3.05) is 5.32 Å². The van der Waals surface area contributed by atoms with E-state index < -0.39 is 0 Å². The van der Waals surface area contributed by atoms with Gasteiger partial charge in [-0.15, -0.1) is 0 Å². The Balaban J connectivity index is 1.40. The molecule has 30 heavy (non-hydrogen) atoms. The molecule has 150 valence electrons. The van der Waals surface area contributed by atoms with Gasteiger partial charge < -0.3 is 15.2 Å². The first-order valence-electron chi connectivity index (χ1n) is 9.63. The van der Waals surface area contributed by atoms with Crippen LogP contribution in [0.25, 0.3) is 11.1 Å². The summed E-state index contributed by atoms with van der Waals surface area (Å²) in [5.74, 6) is 0.419. The van der Waals surface area contributed by atoms with Crippen molar-refractivity contribution in [3.05, 3.63) is 96.3 Å². The van der Waals surface area contributed by atoms with Gasteiger partial charge in [0.05, 0.1) is 0 Å². The zero-order valence-corrected chi connectivity index (χ0v) is 16.6. The fourth-order valence-electron chi connectivity index (χ4n) is 3.07. The van der Waals surface area contributed by atoms with Crippen molar-refractivity contribution in [3.63, 3.8) is 0 Å². The molecule has 0 saturated heterocycles. The van der Waals surface area contributed by atoms with Gasteiger partial charge in [0, 0.05) is 62.2 Å². The van der Waals surface area contributed by atoms with Crippen molar-refractivity contribution in [2.45, 2.75) is 13.1 Å². The molecule has 0 aliphatic rings. The van der Waals surface area contributed by atoms with Crippen LogP contribution in [0.1, 0.15) is 21.6 Å². The molecule has 0 saturated carbocycles. The summed E-state index contributed by atoms with van der Waals surface area (Å²) < 4.78 is 1.80. The number of rotatable bonds is 7. The molecule has 0 aliphatic heterocycles. The number of aryl methyl sites for hydroxylation is 1. The summed E-state index contributed by atoms with van der Waals surface area (Å²) in [4.78, 5) is 25.4. The van der Waals surface area contributed by atoms with Gasteiger partial charge >= 0.3 is 0 Å². The maximum absolute atomic E-state index is 12.6. The second-order valence-electron chi connectivity index (χ2n) is 6.90. The van der Waals surface area contributed by atoms with Gasteiger partial charge in [0.15, 0.2) is 0 Å². The number of aromatic nitrogens is 4. The molecule has 1 aromatic carbocycles. The number of hydrogen-bond acceptors (Lipinski definition) is 5. The average Bonchev–Trinajstić information content (AvgIpc) is 3.19. The number of amides is 1.